The fourth-order valence-corrected chi connectivity index (χ4v) is 2.00. The molecular weight excluding hydrogens is 364 g/mol. The van der Waals surface area contributed by atoms with Crippen molar-refractivity contribution in [3.8, 4) is 0 Å². The number of aliphatic carboxylic acids is 1. The number of hydrogen-bond donors (Lipinski definition) is 5. The third-order valence-corrected chi connectivity index (χ3v) is 3.50. The van der Waals surface area contributed by atoms with Crippen LogP contribution in [0.15, 0.2) is 24.3 Å². The summed E-state index contributed by atoms with van der Waals surface area (Å²) in [5, 5.41) is 14.1. The Kier molecular flexibility index (Phi) is 15.4. The maximum absolute atomic E-state index is 10.6. The summed E-state index contributed by atoms with van der Waals surface area (Å²) in [4.78, 5) is 31.0. The molecule has 1 atom stereocenters. The number of hydrogen-bond acceptors (Lipinski definition) is 7. The van der Waals surface area contributed by atoms with Crippen molar-refractivity contribution in [1.29, 1.82) is 0 Å². The van der Waals surface area contributed by atoms with Crippen molar-refractivity contribution >= 4 is 23.9 Å². The second kappa shape index (κ2) is 16.8. The molecule has 0 radical (unpaired) electrons. The Bertz CT molecular complexity index is 550. The van der Waals surface area contributed by atoms with Crippen LogP contribution < -0.4 is 22.1 Å². The first-order chi connectivity index (χ1) is 13.4. The molecule has 7 N–H and O–H groups in total. The lowest BCUT2D eigenvalue weighted by Gasteiger charge is -2.10. The first-order valence-electron chi connectivity index (χ1n) is 9.20. The van der Waals surface area contributed by atoms with Crippen LogP contribution in [0.1, 0.15) is 36.5 Å². The van der Waals surface area contributed by atoms with Gasteiger partial charge in [-0.05, 0) is 43.7 Å². The van der Waals surface area contributed by atoms with Crippen LogP contribution >= 0.6 is 0 Å². The lowest BCUT2D eigenvalue weighted by Crippen LogP contribution is -2.30. The molecular formula is C19H32N4O5. The molecule has 1 saturated heterocycles. The van der Waals surface area contributed by atoms with Gasteiger partial charge in [0.25, 0.3) is 0 Å². The Morgan fingerprint density at radius 1 is 1.25 bits per heavy atom. The maximum Gasteiger partial charge on any atom is 0.320 e. The molecule has 9 heteroatoms. The highest BCUT2D eigenvalue weighted by molar-refractivity contribution is 5.89. The zero-order valence-electron chi connectivity index (χ0n) is 16.4. The molecule has 0 saturated carbocycles. The van der Waals surface area contributed by atoms with Crippen molar-refractivity contribution in [2.45, 2.75) is 32.2 Å². The van der Waals surface area contributed by atoms with Crippen molar-refractivity contribution in [2.75, 3.05) is 38.2 Å². The summed E-state index contributed by atoms with van der Waals surface area (Å²) in [5.74, 6) is -1.05. The topological polar surface area (TPSA) is 157 Å². The van der Waals surface area contributed by atoms with Crippen LogP contribution in [0.3, 0.4) is 0 Å². The number of unbranched alkanes of at least 4 members (excludes halogenated alkanes) is 1. The normalized spacial score (nSPS) is 13.7. The van der Waals surface area contributed by atoms with Gasteiger partial charge in [-0.25, -0.2) is 0 Å². The number of nitrogens with two attached hydrogens (primary N) is 2. The van der Waals surface area contributed by atoms with Crippen molar-refractivity contribution in [2.24, 2.45) is 11.5 Å². The number of nitrogens with one attached hydrogen (secondary N) is 2. The minimum Gasteiger partial charge on any atom is -0.480 e. The quantitative estimate of drug-likeness (QED) is 0.331. The average molecular weight is 396 g/mol. The third-order valence-electron chi connectivity index (χ3n) is 3.50. The van der Waals surface area contributed by atoms with Crippen LogP contribution in [0.25, 0.3) is 0 Å². The number of carboxylic acid groups (broad SMARTS) is 1. The fourth-order valence-electron chi connectivity index (χ4n) is 2.00. The maximum atomic E-state index is 10.6. The molecule has 0 spiro atoms. The number of carbonyl (C=O) groups excluding carboxylic acids is 2. The molecule has 0 aromatic heterocycles. The predicted molar refractivity (Wildman–Crippen MR) is 108 cm³/mol. The Labute approximate surface area is 165 Å². The molecule has 2 rings (SSSR count). The zero-order valence-corrected chi connectivity index (χ0v) is 16.4. The smallest absolute Gasteiger partial charge is 0.320 e. The van der Waals surface area contributed by atoms with Gasteiger partial charge in [0.15, 0.2) is 0 Å². The predicted octanol–water partition coefficient (Wildman–Crippen LogP) is 0.591. The van der Waals surface area contributed by atoms with Gasteiger partial charge in [0.05, 0.1) is 13.2 Å². The number of benzene rings is 1. The Morgan fingerprint density at radius 3 is 2.21 bits per heavy atom. The van der Waals surface area contributed by atoms with E-state index in [4.69, 9.17) is 21.3 Å². The summed E-state index contributed by atoms with van der Waals surface area (Å²) in [5.41, 5.74) is 11.7. The van der Waals surface area contributed by atoms with E-state index in [0.717, 1.165) is 45.4 Å². The van der Waals surface area contributed by atoms with Gasteiger partial charge < -0.3 is 31.9 Å². The Balaban J connectivity index is 0.000000411. The van der Waals surface area contributed by atoms with E-state index in [1.165, 1.54) is 6.92 Å². The van der Waals surface area contributed by atoms with Gasteiger partial charge in [-0.3, -0.25) is 14.4 Å². The molecule has 1 heterocycles. The molecule has 0 bridgehead atoms. The summed E-state index contributed by atoms with van der Waals surface area (Å²) < 4.78 is 5.01. The third kappa shape index (κ3) is 14.8. The molecule has 0 unspecified atom stereocenters. The number of carbonyl (C=O) groups is 3. The van der Waals surface area contributed by atoms with Gasteiger partial charge in [-0.15, -0.1) is 0 Å². The highest BCUT2D eigenvalue weighted by atomic mass is 16.5. The van der Waals surface area contributed by atoms with Crippen LogP contribution in [0.5, 0.6) is 0 Å². The molecule has 158 valence electrons. The van der Waals surface area contributed by atoms with E-state index in [0.29, 0.717) is 24.2 Å². The summed E-state index contributed by atoms with van der Waals surface area (Å²) >= 11 is 0. The van der Waals surface area contributed by atoms with E-state index >= 15 is 0 Å². The Morgan fingerprint density at radius 2 is 1.86 bits per heavy atom. The number of aldehydes is 1. The molecule has 1 fully saturated rings. The number of amides is 1. The van der Waals surface area contributed by atoms with Gasteiger partial charge >= 0.3 is 5.97 Å². The molecule has 9 nitrogen and oxygen atoms in total. The lowest BCUT2D eigenvalue weighted by atomic mass is 10.1. The van der Waals surface area contributed by atoms with E-state index < -0.39 is 12.0 Å². The van der Waals surface area contributed by atoms with Gasteiger partial charge in [-0.2, -0.15) is 0 Å². The number of ether oxygens (including phenoxy) is 1. The minimum atomic E-state index is -0.933. The van der Waals surface area contributed by atoms with Crippen LogP contribution in [-0.2, 0) is 14.3 Å². The second-order valence-corrected chi connectivity index (χ2v) is 6.01. The summed E-state index contributed by atoms with van der Waals surface area (Å²) in [6, 6.07) is 5.96. The highest BCUT2D eigenvalue weighted by Crippen LogP contribution is 2.07. The molecule has 1 amide bonds. The summed E-state index contributed by atoms with van der Waals surface area (Å²) in [6.07, 6.45) is 2.93. The fraction of sp³-hybridized carbons (Fsp3) is 0.526. The molecule has 1 aliphatic rings. The molecule has 1 aromatic rings. The molecule has 0 aliphatic carbocycles. The number of rotatable bonds is 7. The molecule has 28 heavy (non-hydrogen) atoms. The van der Waals surface area contributed by atoms with Crippen molar-refractivity contribution in [3.05, 3.63) is 29.8 Å². The number of morpholine rings is 1. The standard InChI is InChI=1S/C9H9NO2.C6H14N2O2.C4H9NO/c1-7(12)10-9-4-2-8(6-11)3-5-9;7-4-2-1-3-5(8)6(9)10;1-3-6-4-2-5-1/h2-6H,1H3,(H,10,12);5H,1-4,7-8H2,(H,9,10);5H,1-4H2/t;5-;/m.0./s1. The number of anilines is 1. The Hall–Kier alpha value is -2.33. The second-order valence-electron chi connectivity index (χ2n) is 6.01. The van der Waals surface area contributed by atoms with E-state index in [-0.39, 0.29) is 5.91 Å². The largest absolute Gasteiger partial charge is 0.480 e. The monoisotopic (exact) mass is 396 g/mol. The van der Waals surface area contributed by atoms with Crippen molar-refractivity contribution in [3.63, 3.8) is 0 Å². The van der Waals surface area contributed by atoms with Crippen LogP contribution in [-0.4, -0.2) is 62.2 Å². The lowest BCUT2D eigenvalue weighted by molar-refractivity contribution is -0.138. The first kappa shape index (κ1) is 25.7. The highest BCUT2D eigenvalue weighted by Gasteiger charge is 2.09. The molecule has 1 aromatic carbocycles. The van der Waals surface area contributed by atoms with E-state index in [1.54, 1.807) is 24.3 Å². The van der Waals surface area contributed by atoms with Crippen LogP contribution in [0.2, 0.25) is 0 Å². The van der Waals surface area contributed by atoms with E-state index in [9.17, 15) is 14.4 Å². The van der Waals surface area contributed by atoms with Crippen molar-refractivity contribution < 1.29 is 24.2 Å². The van der Waals surface area contributed by atoms with Gasteiger partial charge in [0.1, 0.15) is 12.3 Å². The minimum absolute atomic E-state index is 0.117. The van der Waals surface area contributed by atoms with E-state index in [1.807, 2.05) is 0 Å². The zero-order chi connectivity index (χ0) is 21.2. The van der Waals surface area contributed by atoms with Gasteiger partial charge in [-0.1, -0.05) is 6.42 Å². The molecule has 1 aliphatic heterocycles. The van der Waals surface area contributed by atoms with Crippen LogP contribution in [0.4, 0.5) is 5.69 Å². The summed E-state index contributed by atoms with van der Waals surface area (Å²) in [6.45, 7) is 5.87. The average Bonchev–Trinajstić information content (AvgIpc) is 2.70. The summed E-state index contributed by atoms with van der Waals surface area (Å²) in [7, 11) is 0. The van der Waals surface area contributed by atoms with Crippen LogP contribution in [0, 0.1) is 0 Å². The van der Waals surface area contributed by atoms with Gasteiger partial charge in [0.2, 0.25) is 5.91 Å². The van der Waals surface area contributed by atoms with Gasteiger partial charge in [0, 0.05) is 31.3 Å². The first-order valence-corrected chi connectivity index (χ1v) is 9.20. The number of carboxylic acids is 1. The van der Waals surface area contributed by atoms with Crippen molar-refractivity contribution in [1.82, 2.24) is 5.32 Å². The van der Waals surface area contributed by atoms with E-state index in [2.05, 4.69) is 10.6 Å². The SMILES string of the molecule is C1COCCN1.CC(=O)Nc1ccc(C=O)cc1.NCCCC[C@H](N)C(=O)O.